The number of carbonyl (C=O) groups is 1. The van der Waals surface area contributed by atoms with E-state index in [-0.39, 0.29) is 5.91 Å². The Labute approximate surface area is 97.3 Å². The smallest absolute Gasteiger partial charge is 0.263 e. The maximum Gasteiger partial charge on any atom is 0.263 e. The molecule has 0 atom stereocenters. The average molecular weight is 236 g/mol. The lowest BCUT2D eigenvalue weighted by molar-refractivity contribution is 0.0951. The third-order valence-electron chi connectivity index (χ3n) is 2.19. The Kier molecular flexibility index (Phi) is 3.36. The molecule has 0 saturated heterocycles. The summed E-state index contributed by atoms with van der Waals surface area (Å²) in [4.78, 5) is 16.6. The fourth-order valence-electron chi connectivity index (χ4n) is 1.37. The normalized spacial score (nSPS) is 10.3. The number of amides is 1. The van der Waals surface area contributed by atoms with Gasteiger partial charge in [-0.05, 0) is 18.6 Å². The predicted molar refractivity (Wildman–Crippen MR) is 61.4 cm³/mol. The molecule has 2 aromatic rings. The lowest BCUT2D eigenvalue weighted by Gasteiger charge is -2.02. The molecule has 2 heterocycles. The van der Waals surface area contributed by atoms with Gasteiger partial charge in [0.1, 0.15) is 10.6 Å². The first-order valence-electron chi connectivity index (χ1n) is 5.04. The van der Waals surface area contributed by atoms with E-state index in [9.17, 15) is 4.79 Å². The van der Waals surface area contributed by atoms with E-state index in [0.717, 1.165) is 17.9 Å². The van der Waals surface area contributed by atoms with Crippen molar-refractivity contribution in [2.24, 2.45) is 0 Å². The molecule has 0 fully saturated rings. The number of nitrogens with zero attached hydrogens (tertiary/aromatic N) is 1. The lowest BCUT2D eigenvalue weighted by atomic mass is 10.3. The van der Waals surface area contributed by atoms with Gasteiger partial charge in [0.15, 0.2) is 0 Å². The van der Waals surface area contributed by atoms with Crippen LogP contribution in [0, 0.1) is 0 Å². The van der Waals surface area contributed by atoms with E-state index in [4.69, 9.17) is 4.42 Å². The molecule has 84 valence electrons. The van der Waals surface area contributed by atoms with Crippen LogP contribution in [0.1, 0.15) is 28.0 Å². The number of carbonyl (C=O) groups excluding carboxylic acids is 1. The molecule has 5 heteroatoms. The van der Waals surface area contributed by atoms with E-state index >= 15 is 0 Å². The molecule has 0 aliphatic heterocycles. The quantitative estimate of drug-likeness (QED) is 0.885. The van der Waals surface area contributed by atoms with Crippen molar-refractivity contribution in [1.29, 1.82) is 0 Å². The van der Waals surface area contributed by atoms with Crippen LogP contribution in [-0.2, 0) is 13.0 Å². The Morgan fingerprint density at radius 2 is 2.50 bits per heavy atom. The second-order valence-corrected chi connectivity index (χ2v) is 4.10. The Morgan fingerprint density at radius 1 is 1.62 bits per heavy atom. The molecule has 0 spiro atoms. The standard InChI is InChI=1S/C11H12N2O2S/c1-2-9-10(16-7-13-9)11(14)12-6-8-4-3-5-15-8/h3-5,7H,2,6H2,1H3,(H,12,14). The number of rotatable bonds is 4. The molecule has 0 radical (unpaired) electrons. The summed E-state index contributed by atoms with van der Waals surface area (Å²) in [5, 5.41) is 2.80. The number of aromatic nitrogens is 1. The zero-order chi connectivity index (χ0) is 11.4. The number of aryl methyl sites for hydroxylation is 1. The molecule has 0 unspecified atom stereocenters. The minimum Gasteiger partial charge on any atom is -0.467 e. The summed E-state index contributed by atoms with van der Waals surface area (Å²) in [5.41, 5.74) is 2.54. The molecular weight excluding hydrogens is 224 g/mol. The zero-order valence-electron chi connectivity index (χ0n) is 8.90. The number of thiazole rings is 1. The molecule has 0 aliphatic rings. The molecule has 2 aromatic heterocycles. The molecule has 0 aromatic carbocycles. The first-order chi connectivity index (χ1) is 7.81. The second kappa shape index (κ2) is 4.94. The molecule has 0 saturated carbocycles. The third kappa shape index (κ3) is 2.30. The monoisotopic (exact) mass is 236 g/mol. The highest BCUT2D eigenvalue weighted by Gasteiger charge is 2.13. The van der Waals surface area contributed by atoms with Gasteiger partial charge in [0.05, 0.1) is 24.0 Å². The summed E-state index contributed by atoms with van der Waals surface area (Å²) in [5.74, 6) is 0.659. The summed E-state index contributed by atoms with van der Waals surface area (Å²) in [7, 11) is 0. The molecule has 0 bridgehead atoms. The van der Waals surface area contributed by atoms with Crippen molar-refractivity contribution in [2.75, 3.05) is 0 Å². The van der Waals surface area contributed by atoms with E-state index in [1.54, 1.807) is 17.8 Å². The van der Waals surface area contributed by atoms with E-state index in [1.165, 1.54) is 11.3 Å². The van der Waals surface area contributed by atoms with Crippen molar-refractivity contribution < 1.29 is 9.21 Å². The number of furan rings is 1. The largest absolute Gasteiger partial charge is 0.467 e. The molecule has 2 rings (SSSR count). The summed E-state index contributed by atoms with van der Waals surface area (Å²) >= 11 is 1.37. The van der Waals surface area contributed by atoms with Crippen molar-refractivity contribution in [2.45, 2.75) is 19.9 Å². The zero-order valence-corrected chi connectivity index (χ0v) is 9.71. The van der Waals surface area contributed by atoms with Crippen molar-refractivity contribution in [3.8, 4) is 0 Å². The van der Waals surface area contributed by atoms with Gasteiger partial charge in [-0.25, -0.2) is 4.98 Å². The molecular formula is C11H12N2O2S. The van der Waals surface area contributed by atoms with Gasteiger partial charge < -0.3 is 9.73 Å². The average Bonchev–Trinajstić information content (AvgIpc) is 2.96. The van der Waals surface area contributed by atoms with Crippen molar-refractivity contribution in [3.05, 3.63) is 40.2 Å². The Bertz CT molecular complexity index is 462. The Balaban J connectivity index is 1.98. The lowest BCUT2D eigenvalue weighted by Crippen LogP contribution is -2.22. The summed E-state index contributed by atoms with van der Waals surface area (Å²) < 4.78 is 5.13. The van der Waals surface area contributed by atoms with Crippen LogP contribution in [0.5, 0.6) is 0 Å². The third-order valence-corrected chi connectivity index (χ3v) is 3.05. The first-order valence-corrected chi connectivity index (χ1v) is 5.92. The van der Waals surface area contributed by atoms with Crippen LogP contribution in [0.4, 0.5) is 0 Å². The number of nitrogens with one attached hydrogen (secondary N) is 1. The number of hydrogen-bond donors (Lipinski definition) is 1. The Hall–Kier alpha value is -1.62. The molecule has 1 amide bonds. The van der Waals surface area contributed by atoms with E-state index < -0.39 is 0 Å². The summed E-state index contributed by atoms with van der Waals surface area (Å²) in [6.45, 7) is 2.39. The molecule has 4 nitrogen and oxygen atoms in total. The van der Waals surface area contributed by atoms with Crippen LogP contribution < -0.4 is 5.32 Å². The van der Waals surface area contributed by atoms with Crippen LogP contribution in [0.25, 0.3) is 0 Å². The van der Waals surface area contributed by atoms with Crippen molar-refractivity contribution in [3.63, 3.8) is 0 Å². The van der Waals surface area contributed by atoms with Crippen molar-refractivity contribution >= 4 is 17.2 Å². The minimum atomic E-state index is -0.0873. The summed E-state index contributed by atoms with van der Waals surface area (Å²) in [6, 6.07) is 3.62. The molecule has 16 heavy (non-hydrogen) atoms. The van der Waals surface area contributed by atoms with Gasteiger partial charge in [-0.15, -0.1) is 11.3 Å². The number of hydrogen-bond acceptors (Lipinski definition) is 4. The van der Waals surface area contributed by atoms with Gasteiger partial charge in [-0.1, -0.05) is 6.92 Å². The van der Waals surface area contributed by atoms with Crippen LogP contribution in [0.2, 0.25) is 0 Å². The van der Waals surface area contributed by atoms with E-state index in [0.29, 0.717) is 11.4 Å². The summed E-state index contributed by atoms with van der Waals surface area (Å²) in [6.07, 6.45) is 2.36. The molecule has 1 N–H and O–H groups in total. The Morgan fingerprint density at radius 3 is 3.19 bits per heavy atom. The van der Waals surface area contributed by atoms with Crippen molar-refractivity contribution in [1.82, 2.24) is 10.3 Å². The van der Waals surface area contributed by atoms with Gasteiger partial charge in [0.2, 0.25) is 0 Å². The maximum atomic E-state index is 11.8. The van der Waals surface area contributed by atoms with Gasteiger partial charge >= 0.3 is 0 Å². The SMILES string of the molecule is CCc1ncsc1C(=O)NCc1ccco1. The second-order valence-electron chi connectivity index (χ2n) is 3.24. The van der Waals surface area contributed by atoms with Gasteiger partial charge in [0, 0.05) is 0 Å². The van der Waals surface area contributed by atoms with Gasteiger partial charge in [-0.2, -0.15) is 0 Å². The van der Waals surface area contributed by atoms with E-state index in [2.05, 4.69) is 10.3 Å². The van der Waals surface area contributed by atoms with Crippen LogP contribution >= 0.6 is 11.3 Å². The topological polar surface area (TPSA) is 55.1 Å². The minimum absolute atomic E-state index is 0.0873. The van der Waals surface area contributed by atoms with E-state index in [1.807, 2.05) is 13.0 Å². The highest BCUT2D eigenvalue weighted by atomic mass is 32.1. The fourth-order valence-corrected chi connectivity index (χ4v) is 2.16. The first kappa shape index (κ1) is 10.9. The highest BCUT2D eigenvalue weighted by molar-refractivity contribution is 7.11. The van der Waals surface area contributed by atoms with Crippen LogP contribution in [0.15, 0.2) is 28.3 Å². The fraction of sp³-hybridized carbons (Fsp3) is 0.273. The maximum absolute atomic E-state index is 11.8. The van der Waals surface area contributed by atoms with Gasteiger partial charge in [0.25, 0.3) is 5.91 Å². The van der Waals surface area contributed by atoms with Crippen LogP contribution in [-0.4, -0.2) is 10.9 Å². The van der Waals surface area contributed by atoms with Crippen LogP contribution in [0.3, 0.4) is 0 Å². The highest BCUT2D eigenvalue weighted by Crippen LogP contribution is 2.13. The predicted octanol–water partition coefficient (Wildman–Crippen LogP) is 2.23. The molecule has 0 aliphatic carbocycles. The van der Waals surface area contributed by atoms with Gasteiger partial charge in [-0.3, -0.25) is 4.79 Å².